The molecule has 136 valence electrons. The van der Waals surface area contributed by atoms with Crippen LogP contribution in [0.4, 0.5) is 0 Å². The topological polar surface area (TPSA) is 68.8 Å². The maximum absolute atomic E-state index is 12.6. The molecule has 0 aliphatic carbocycles. The van der Waals surface area contributed by atoms with E-state index in [-0.39, 0.29) is 5.91 Å². The molecule has 1 aromatic heterocycles. The van der Waals surface area contributed by atoms with Crippen LogP contribution in [-0.2, 0) is 16.0 Å². The van der Waals surface area contributed by atoms with Gasteiger partial charge < -0.3 is 19.7 Å². The van der Waals surface area contributed by atoms with E-state index in [1.165, 1.54) is 0 Å². The Morgan fingerprint density at radius 2 is 2.04 bits per heavy atom. The molecular formula is C19H27N3O3. The Balaban J connectivity index is 1.48. The third-order valence-electron chi connectivity index (χ3n) is 4.72. The molecule has 1 aromatic carbocycles. The van der Waals surface area contributed by atoms with Crippen LogP contribution < -0.4 is 0 Å². The van der Waals surface area contributed by atoms with E-state index in [1.807, 2.05) is 42.3 Å². The predicted molar refractivity (Wildman–Crippen MR) is 97.5 cm³/mol. The van der Waals surface area contributed by atoms with Crippen molar-refractivity contribution in [3.05, 3.63) is 36.0 Å². The lowest BCUT2D eigenvalue weighted by atomic mass is 10.1. The number of fused-ring (bicyclic) bond motifs is 1. The Morgan fingerprint density at radius 1 is 1.28 bits per heavy atom. The number of nitrogens with zero attached hydrogens (tertiary/aromatic N) is 2. The summed E-state index contributed by atoms with van der Waals surface area (Å²) in [5.41, 5.74) is 2.12. The van der Waals surface area contributed by atoms with Crippen molar-refractivity contribution >= 4 is 16.8 Å². The van der Waals surface area contributed by atoms with Crippen LogP contribution in [0.25, 0.3) is 10.9 Å². The fraction of sp³-hybridized carbons (Fsp3) is 0.526. The van der Waals surface area contributed by atoms with E-state index in [2.05, 4.69) is 9.88 Å². The summed E-state index contributed by atoms with van der Waals surface area (Å²) < 4.78 is 5.25. The second-order valence-corrected chi connectivity index (χ2v) is 6.53. The number of nitrogens with one attached hydrogen (secondary N) is 1. The number of aliphatic hydroxyl groups is 1. The molecule has 25 heavy (non-hydrogen) atoms. The summed E-state index contributed by atoms with van der Waals surface area (Å²) in [5.74, 6) is 0.166. The molecule has 1 aliphatic heterocycles. The number of benzene rings is 1. The van der Waals surface area contributed by atoms with Crippen molar-refractivity contribution in [3.63, 3.8) is 0 Å². The average Bonchev–Trinajstić information content (AvgIpc) is 3.03. The Bertz CT molecular complexity index is 692. The summed E-state index contributed by atoms with van der Waals surface area (Å²) in [5, 5.41) is 11.0. The standard InChI is InChI=1S/C19H27N3O3/c1-2-25-14-16(23)13-21-7-9-22(10-8-21)19(24)11-15-12-20-18-6-4-3-5-17(15)18/h3-6,12,16,20,23H,2,7-11,13-14H2,1H3/t16-/m1/s1. The van der Waals surface area contributed by atoms with Gasteiger partial charge in [0.05, 0.1) is 19.1 Å². The first kappa shape index (κ1) is 17.9. The number of aliphatic hydroxyl groups excluding tert-OH is 1. The van der Waals surface area contributed by atoms with Gasteiger partial charge in [0.15, 0.2) is 0 Å². The van der Waals surface area contributed by atoms with Crippen LogP contribution in [0.1, 0.15) is 12.5 Å². The number of ether oxygens (including phenoxy) is 1. The quantitative estimate of drug-likeness (QED) is 0.793. The smallest absolute Gasteiger partial charge is 0.227 e. The average molecular weight is 345 g/mol. The molecular weight excluding hydrogens is 318 g/mol. The number of aromatic amines is 1. The normalized spacial score (nSPS) is 17.1. The van der Waals surface area contributed by atoms with Crippen LogP contribution in [0.5, 0.6) is 0 Å². The summed E-state index contributed by atoms with van der Waals surface area (Å²) in [6.45, 7) is 6.52. The maximum Gasteiger partial charge on any atom is 0.227 e. The van der Waals surface area contributed by atoms with Crippen LogP contribution in [-0.4, -0.2) is 77.8 Å². The fourth-order valence-corrected chi connectivity index (χ4v) is 3.34. The third-order valence-corrected chi connectivity index (χ3v) is 4.72. The fourth-order valence-electron chi connectivity index (χ4n) is 3.34. The van der Waals surface area contributed by atoms with Crippen LogP contribution in [0.2, 0.25) is 0 Å². The minimum atomic E-state index is -0.464. The molecule has 1 amide bonds. The number of rotatable bonds is 7. The molecule has 0 spiro atoms. The molecule has 2 aromatic rings. The van der Waals surface area contributed by atoms with Gasteiger partial charge in [-0.25, -0.2) is 0 Å². The van der Waals surface area contributed by atoms with Gasteiger partial charge in [-0.2, -0.15) is 0 Å². The van der Waals surface area contributed by atoms with Crippen molar-refractivity contribution in [2.45, 2.75) is 19.4 Å². The van der Waals surface area contributed by atoms with Gasteiger partial charge in [0, 0.05) is 56.4 Å². The van der Waals surface area contributed by atoms with Crippen LogP contribution in [0.15, 0.2) is 30.5 Å². The van der Waals surface area contributed by atoms with Crippen molar-refractivity contribution < 1.29 is 14.6 Å². The minimum absolute atomic E-state index is 0.166. The van der Waals surface area contributed by atoms with Gasteiger partial charge in [0.1, 0.15) is 0 Å². The van der Waals surface area contributed by atoms with Crippen molar-refractivity contribution in [1.29, 1.82) is 0 Å². The highest BCUT2D eigenvalue weighted by molar-refractivity contribution is 5.88. The van der Waals surface area contributed by atoms with Crippen LogP contribution in [0.3, 0.4) is 0 Å². The first-order valence-corrected chi connectivity index (χ1v) is 8.98. The van der Waals surface area contributed by atoms with Crippen LogP contribution in [0, 0.1) is 0 Å². The Hall–Kier alpha value is -1.89. The largest absolute Gasteiger partial charge is 0.389 e. The molecule has 6 heteroatoms. The minimum Gasteiger partial charge on any atom is -0.389 e. The summed E-state index contributed by atoms with van der Waals surface area (Å²) in [7, 11) is 0. The number of carbonyl (C=O) groups excluding carboxylic acids is 1. The lowest BCUT2D eigenvalue weighted by Gasteiger charge is -2.35. The number of β-amino-alcohol motifs (C(OH)–C–C–N with tert-alkyl or cyclic N) is 1. The molecule has 1 atom stereocenters. The van der Waals surface area contributed by atoms with Gasteiger partial charge in [-0.05, 0) is 18.6 Å². The van der Waals surface area contributed by atoms with Crippen molar-refractivity contribution in [2.75, 3.05) is 45.9 Å². The zero-order chi connectivity index (χ0) is 17.6. The lowest BCUT2D eigenvalue weighted by molar-refractivity contribution is -0.132. The molecule has 0 unspecified atom stereocenters. The van der Waals surface area contributed by atoms with Crippen molar-refractivity contribution in [2.24, 2.45) is 0 Å². The number of hydrogen-bond acceptors (Lipinski definition) is 4. The van der Waals surface area contributed by atoms with E-state index >= 15 is 0 Å². The highest BCUT2D eigenvalue weighted by Crippen LogP contribution is 2.19. The first-order chi connectivity index (χ1) is 12.2. The zero-order valence-electron chi connectivity index (χ0n) is 14.8. The van der Waals surface area contributed by atoms with Crippen molar-refractivity contribution in [1.82, 2.24) is 14.8 Å². The number of H-pyrrole nitrogens is 1. The van der Waals surface area contributed by atoms with Gasteiger partial charge in [-0.1, -0.05) is 18.2 Å². The molecule has 0 radical (unpaired) electrons. The molecule has 1 fully saturated rings. The molecule has 6 nitrogen and oxygen atoms in total. The second-order valence-electron chi connectivity index (χ2n) is 6.53. The summed E-state index contributed by atoms with van der Waals surface area (Å²) in [4.78, 5) is 19.9. The predicted octanol–water partition coefficient (Wildman–Crippen LogP) is 1.25. The van der Waals surface area contributed by atoms with Gasteiger partial charge in [0.25, 0.3) is 0 Å². The SMILES string of the molecule is CCOC[C@H](O)CN1CCN(C(=O)Cc2c[nH]c3ccccc23)CC1. The molecule has 2 heterocycles. The van der Waals surface area contributed by atoms with Crippen LogP contribution >= 0.6 is 0 Å². The molecule has 0 saturated carbocycles. The molecule has 0 bridgehead atoms. The number of para-hydroxylation sites is 1. The first-order valence-electron chi connectivity index (χ1n) is 8.98. The molecule has 3 rings (SSSR count). The maximum atomic E-state index is 12.6. The van der Waals surface area contributed by atoms with E-state index in [1.54, 1.807) is 0 Å². The Kier molecular flexibility index (Phi) is 6.07. The third kappa shape index (κ3) is 4.60. The van der Waals surface area contributed by atoms with Gasteiger partial charge >= 0.3 is 0 Å². The number of piperazine rings is 1. The summed E-state index contributed by atoms with van der Waals surface area (Å²) in [6, 6.07) is 8.06. The summed E-state index contributed by atoms with van der Waals surface area (Å²) in [6.07, 6.45) is 1.90. The van der Waals surface area contributed by atoms with E-state index in [4.69, 9.17) is 4.74 Å². The highest BCUT2D eigenvalue weighted by Gasteiger charge is 2.23. The lowest BCUT2D eigenvalue weighted by Crippen LogP contribution is -2.51. The van der Waals surface area contributed by atoms with Crippen molar-refractivity contribution in [3.8, 4) is 0 Å². The Labute approximate surface area is 148 Å². The molecule has 1 saturated heterocycles. The number of amides is 1. The number of aromatic nitrogens is 1. The highest BCUT2D eigenvalue weighted by atomic mass is 16.5. The second kappa shape index (κ2) is 8.47. The Morgan fingerprint density at radius 3 is 2.80 bits per heavy atom. The monoisotopic (exact) mass is 345 g/mol. The molecule has 1 aliphatic rings. The van der Waals surface area contributed by atoms with Gasteiger partial charge in [-0.3, -0.25) is 9.69 Å². The van der Waals surface area contributed by atoms with E-state index in [9.17, 15) is 9.90 Å². The van der Waals surface area contributed by atoms with E-state index in [0.717, 1.165) is 29.6 Å². The zero-order valence-corrected chi connectivity index (χ0v) is 14.8. The van der Waals surface area contributed by atoms with E-state index in [0.29, 0.717) is 39.3 Å². The number of carbonyl (C=O) groups is 1. The number of hydrogen-bond donors (Lipinski definition) is 2. The van der Waals surface area contributed by atoms with E-state index < -0.39 is 6.10 Å². The van der Waals surface area contributed by atoms with Gasteiger partial charge in [-0.15, -0.1) is 0 Å². The van der Waals surface area contributed by atoms with Gasteiger partial charge in [0.2, 0.25) is 5.91 Å². The molecule has 2 N–H and O–H groups in total. The summed E-state index contributed by atoms with van der Waals surface area (Å²) >= 11 is 0.